The van der Waals surface area contributed by atoms with E-state index >= 15 is 0 Å². The molecule has 7 nitrogen and oxygen atoms in total. The first-order valence-corrected chi connectivity index (χ1v) is 10.2. The molecule has 0 bridgehead atoms. The van der Waals surface area contributed by atoms with E-state index in [-0.39, 0.29) is 5.78 Å². The van der Waals surface area contributed by atoms with Crippen LogP contribution in [0.1, 0.15) is 27.4 Å². The third-order valence-electron chi connectivity index (χ3n) is 5.41. The second-order valence-corrected chi connectivity index (χ2v) is 7.06. The highest BCUT2D eigenvalue weighted by atomic mass is 16.5. The molecule has 174 valence electrons. The van der Waals surface area contributed by atoms with Crippen LogP contribution in [0.3, 0.4) is 0 Å². The number of benzene rings is 3. The van der Waals surface area contributed by atoms with Crippen molar-refractivity contribution >= 4 is 5.78 Å². The number of ketones is 1. The summed E-state index contributed by atoms with van der Waals surface area (Å²) in [7, 11) is 9.25. The van der Waals surface area contributed by atoms with Crippen LogP contribution in [0.4, 0.5) is 0 Å². The highest BCUT2D eigenvalue weighted by Crippen LogP contribution is 2.46. The van der Waals surface area contributed by atoms with Gasteiger partial charge in [-0.3, -0.25) is 4.79 Å². The summed E-state index contributed by atoms with van der Waals surface area (Å²) >= 11 is 0. The maximum absolute atomic E-state index is 13.9. The highest BCUT2D eigenvalue weighted by molar-refractivity contribution is 6.04. The van der Waals surface area contributed by atoms with Crippen LogP contribution in [-0.2, 0) is 0 Å². The van der Waals surface area contributed by atoms with Crippen molar-refractivity contribution in [2.75, 3.05) is 42.7 Å². The Morgan fingerprint density at radius 1 is 0.545 bits per heavy atom. The van der Waals surface area contributed by atoms with Gasteiger partial charge in [0.15, 0.2) is 28.8 Å². The van der Waals surface area contributed by atoms with E-state index in [1.165, 1.54) is 0 Å². The third-order valence-corrected chi connectivity index (χ3v) is 5.41. The van der Waals surface area contributed by atoms with Gasteiger partial charge in [0, 0.05) is 28.8 Å². The average molecular weight is 453 g/mol. The van der Waals surface area contributed by atoms with E-state index in [4.69, 9.17) is 28.4 Å². The van der Waals surface area contributed by atoms with Crippen LogP contribution in [0.2, 0.25) is 0 Å². The van der Waals surface area contributed by atoms with Crippen LogP contribution in [-0.4, -0.2) is 48.4 Å². The first-order chi connectivity index (χ1) is 16.0. The van der Waals surface area contributed by atoms with Crippen LogP contribution < -0.4 is 28.4 Å². The number of rotatable bonds is 10. The molecule has 3 aromatic carbocycles. The molecule has 0 aliphatic rings. The standard InChI is InChI=1S/C26H28O7/c1-28-19-14-23(32-5)21(30-3)12-17(19)25(26(27)16-10-8-7-9-11-16)18-13-22(31-4)24(33-6)15-20(18)29-2/h7-15,25H,1-6H3. The fraction of sp³-hybridized carbons (Fsp3) is 0.269. The number of hydrogen-bond acceptors (Lipinski definition) is 7. The molecule has 0 amide bonds. The van der Waals surface area contributed by atoms with E-state index < -0.39 is 5.92 Å². The molecule has 0 radical (unpaired) electrons. The van der Waals surface area contributed by atoms with Gasteiger partial charge in [0.2, 0.25) is 0 Å². The van der Waals surface area contributed by atoms with E-state index in [1.807, 2.05) is 18.2 Å². The Hall–Kier alpha value is -3.87. The molecule has 0 aliphatic carbocycles. The second-order valence-electron chi connectivity index (χ2n) is 7.06. The largest absolute Gasteiger partial charge is 0.496 e. The first kappa shape index (κ1) is 23.8. The van der Waals surface area contributed by atoms with Crippen molar-refractivity contribution in [3.05, 3.63) is 71.3 Å². The predicted molar refractivity (Wildman–Crippen MR) is 125 cm³/mol. The van der Waals surface area contributed by atoms with E-state index in [2.05, 4.69) is 0 Å². The lowest BCUT2D eigenvalue weighted by Crippen LogP contribution is -2.17. The summed E-state index contributed by atoms with van der Waals surface area (Å²) in [5.74, 6) is 1.92. The minimum Gasteiger partial charge on any atom is -0.496 e. The van der Waals surface area contributed by atoms with Gasteiger partial charge in [0.25, 0.3) is 0 Å². The lowest BCUT2D eigenvalue weighted by molar-refractivity contribution is 0.0971. The van der Waals surface area contributed by atoms with E-state index in [1.54, 1.807) is 79.1 Å². The van der Waals surface area contributed by atoms with Crippen LogP contribution >= 0.6 is 0 Å². The molecular formula is C26H28O7. The van der Waals surface area contributed by atoms with Gasteiger partial charge in [-0.15, -0.1) is 0 Å². The van der Waals surface area contributed by atoms with Gasteiger partial charge in [-0.2, -0.15) is 0 Å². The minimum atomic E-state index is -0.795. The Labute approximate surface area is 193 Å². The SMILES string of the molecule is COc1cc(OC)c(C(C(=O)c2ccccc2)c2cc(OC)c(OC)cc2OC)cc1OC. The summed E-state index contributed by atoms with van der Waals surface area (Å²) < 4.78 is 33.2. The van der Waals surface area contributed by atoms with E-state index in [0.29, 0.717) is 51.2 Å². The van der Waals surface area contributed by atoms with Crippen molar-refractivity contribution in [3.63, 3.8) is 0 Å². The summed E-state index contributed by atoms with van der Waals surface area (Å²) in [6.45, 7) is 0. The molecule has 0 aromatic heterocycles. The molecule has 0 atom stereocenters. The molecule has 0 heterocycles. The average Bonchev–Trinajstić information content (AvgIpc) is 2.88. The van der Waals surface area contributed by atoms with Gasteiger partial charge in [0.1, 0.15) is 11.5 Å². The van der Waals surface area contributed by atoms with Crippen molar-refractivity contribution in [2.45, 2.75) is 5.92 Å². The molecule has 0 unspecified atom stereocenters. The minimum absolute atomic E-state index is 0.147. The van der Waals surface area contributed by atoms with Crippen molar-refractivity contribution in [1.29, 1.82) is 0 Å². The fourth-order valence-electron chi connectivity index (χ4n) is 3.78. The van der Waals surface area contributed by atoms with Crippen LogP contribution in [0.15, 0.2) is 54.6 Å². The second kappa shape index (κ2) is 10.6. The molecule has 0 saturated carbocycles. The fourth-order valence-corrected chi connectivity index (χ4v) is 3.78. The zero-order valence-electron chi connectivity index (χ0n) is 19.6. The number of carbonyl (C=O) groups is 1. The number of hydrogen-bond donors (Lipinski definition) is 0. The third kappa shape index (κ3) is 4.67. The number of Topliss-reactive ketones (excluding diaryl/α,β-unsaturated/α-hetero) is 1. The van der Waals surface area contributed by atoms with Gasteiger partial charge in [-0.1, -0.05) is 30.3 Å². The molecule has 3 rings (SSSR count). The van der Waals surface area contributed by atoms with Gasteiger partial charge in [-0.05, 0) is 12.1 Å². The highest BCUT2D eigenvalue weighted by Gasteiger charge is 2.32. The summed E-state index contributed by atoms with van der Waals surface area (Å²) in [6.07, 6.45) is 0. The molecule has 0 N–H and O–H groups in total. The maximum atomic E-state index is 13.9. The summed E-state index contributed by atoms with van der Waals surface area (Å²) in [6, 6.07) is 16.0. The normalized spacial score (nSPS) is 10.5. The van der Waals surface area contributed by atoms with E-state index in [0.717, 1.165) is 0 Å². The zero-order valence-corrected chi connectivity index (χ0v) is 19.6. The molecule has 33 heavy (non-hydrogen) atoms. The first-order valence-electron chi connectivity index (χ1n) is 10.2. The lowest BCUT2D eigenvalue weighted by Gasteiger charge is -2.24. The molecule has 7 heteroatoms. The van der Waals surface area contributed by atoms with Crippen molar-refractivity contribution < 1.29 is 33.2 Å². The Kier molecular flexibility index (Phi) is 7.66. The Morgan fingerprint density at radius 2 is 0.909 bits per heavy atom. The molecule has 0 aliphatic heterocycles. The number of methoxy groups -OCH3 is 6. The number of ether oxygens (including phenoxy) is 6. The molecule has 0 fully saturated rings. The van der Waals surface area contributed by atoms with Gasteiger partial charge < -0.3 is 28.4 Å². The van der Waals surface area contributed by atoms with Crippen LogP contribution in [0.25, 0.3) is 0 Å². The molecular weight excluding hydrogens is 424 g/mol. The van der Waals surface area contributed by atoms with Crippen molar-refractivity contribution in [1.82, 2.24) is 0 Å². The maximum Gasteiger partial charge on any atom is 0.174 e. The van der Waals surface area contributed by atoms with Gasteiger partial charge >= 0.3 is 0 Å². The van der Waals surface area contributed by atoms with Crippen LogP contribution in [0.5, 0.6) is 34.5 Å². The Morgan fingerprint density at radius 3 is 1.27 bits per heavy atom. The quantitative estimate of drug-likeness (QED) is 0.411. The Bertz CT molecular complexity index is 1050. The summed E-state index contributed by atoms with van der Waals surface area (Å²) in [5, 5.41) is 0. The van der Waals surface area contributed by atoms with Gasteiger partial charge in [0.05, 0.1) is 48.6 Å². The predicted octanol–water partition coefficient (Wildman–Crippen LogP) is 4.75. The molecule has 0 saturated heterocycles. The van der Waals surface area contributed by atoms with Crippen molar-refractivity contribution in [3.8, 4) is 34.5 Å². The molecule has 3 aromatic rings. The van der Waals surface area contributed by atoms with Gasteiger partial charge in [-0.25, -0.2) is 0 Å². The Balaban J connectivity index is 2.35. The number of carbonyl (C=O) groups excluding carboxylic acids is 1. The smallest absolute Gasteiger partial charge is 0.174 e. The monoisotopic (exact) mass is 452 g/mol. The summed E-state index contributed by atoms with van der Waals surface area (Å²) in [4.78, 5) is 13.9. The van der Waals surface area contributed by atoms with Crippen molar-refractivity contribution in [2.24, 2.45) is 0 Å². The van der Waals surface area contributed by atoms with E-state index in [9.17, 15) is 4.79 Å². The van der Waals surface area contributed by atoms with Crippen LogP contribution in [0, 0.1) is 0 Å². The summed E-state index contributed by atoms with van der Waals surface area (Å²) in [5.41, 5.74) is 1.72. The topological polar surface area (TPSA) is 72.5 Å². The lowest BCUT2D eigenvalue weighted by atomic mass is 9.83. The molecule has 0 spiro atoms. The zero-order chi connectivity index (χ0) is 24.0.